The number of aromatic nitrogens is 2. The maximum Gasteiger partial charge on any atom is 0.0596 e. The zero-order valence-electron chi connectivity index (χ0n) is 10.5. The van der Waals surface area contributed by atoms with Gasteiger partial charge in [-0.2, -0.15) is 5.10 Å². The number of aryl methyl sites for hydroxylation is 2. The number of hydrogen-bond donors (Lipinski definition) is 1. The summed E-state index contributed by atoms with van der Waals surface area (Å²) in [5.74, 6) is 1.18. The van der Waals surface area contributed by atoms with Gasteiger partial charge in [0.1, 0.15) is 0 Å². The van der Waals surface area contributed by atoms with Gasteiger partial charge in [0.15, 0.2) is 0 Å². The molecule has 0 aromatic carbocycles. The minimum Gasteiger partial charge on any atom is -0.327 e. The summed E-state index contributed by atoms with van der Waals surface area (Å²) in [5.41, 5.74) is 8.48. The van der Waals surface area contributed by atoms with Gasteiger partial charge >= 0.3 is 0 Å². The van der Waals surface area contributed by atoms with E-state index in [9.17, 15) is 0 Å². The van der Waals surface area contributed by atoms with Gasteiger partial charge in [-0.05, 0) is 24.8 Å². The van der Waals surface area contributed by atoms with Crippen molar-refractivity contribution in [3.63, 3.8) is 0 Å². The third kappa shape index (κ3) is 3.06. The second kappa shape index (κ2) is 4.79. The first-order chi connectivity index (χ1) is 6.91. The van der Waals surface area contributed by atoms with Crippen LogP contribution in [0.1, 0.15) is 32.2 Å². The van der Waals surface area contributed by atoms with Crippen LogP contribution >= 0.6 is 0 Å². The van der Waals surface area contributed by atoms with Gasteiger partial charge in [0.2, 0.25) is 0 Å². The molecule has 1 aromatic heterocycles. The number of rotatable bonds is 4. The summed E-state index contributed by atoms with van der Waals surface area (Å²) in [4.78, 5) is 0. The molecule has 0 bridgehead atoms. The molecule has 3 heteroatoms. The Kier molecular flexibility index (Phi) is 3.91. The number of nitrogens with zero attached hydrogens (tertiary/aromatic N) is 2. The van der Waals surface area contributed by atoms with E-state index in [1.54, 1.807) is 0 Å². The number of nitrogens with two attached hydrogens (primary N) is 1. The molecule has 0 radical (unpaired) electrons. The van der Waals surface area contributed by atoms with Crippen molar-refractivity contribution in [2.24, 2.45) is 24.6 Å². The van der Waals surface area contributed by atoms with Crippen LogP contribution < -0.4 is 5.73 Å². The summed E-state index contributed by atoms with van der Waals surface area (Å²) >= 11 is 0. The van der Waals surface area contributed by atoms with Crippen LogP contribution in [0.2, 0.25) is 0 Å². The zero-order valence-corrected chi connectivity index (χ0v) is 10.5. The van der Waals surface area contributed by atoms with Gasteiger partial charge in [-0.1, -0.05) is 20.8 Å². The predicted molar refractivity (Wildman–Crippen MR) is 63.6 cm³/mol. The van der Waals surface area contributed by atoms with Crippen molar-refractivity contribution in [2.45, 2.75) is 40.2 Å². The molecule has 1 heterocycles. The smallest absolute Gasteiger partial charge is 0.0596 e. The molecule has 2 N–H and O–H groups in total. The molecule has 3 nitrogen and oxygen atoms in total. The molecule has 2 unspecified atom stereocenters. The molecule has 0 saturated heterocycles. The average Bonchev–Trinajstić information content (AvgIpc) is 2.43. The lowest BCUT2D eigenvalue weighted by Crippen LogP contribution is -2.34. The quantitative estimate of drug-likeness (QED) is 0.823. The van der Waals surface area contributed by atoms with E-state index < -0.39 is 0 Å². The Morgan fingerprint density at radius 1 is 1.40 bits per heavy atom. The van der Waals surface area contributed by atoms with Crippen molar-refractivity contribution in [2.75, 3.05) is 0 Å². The van der Waals surface area contributed by atoms with E-state index in [-0.39, 0.29) is 6.04 Å². The fourth-order valence-corrected chi connectivity index (χ4v) is 1.78. The number of hydrogen-bond acceptors (Lipinski definition) is 2. The lowest BCUT2D eigenvalue weighted by molar-refractivity contribution is 0.340. The van der Waals surface area contributed by atoms with Crippen LogP contribution in [0.5, 0.6) is 0 Å². The summed E-state index contributed by atoms with van der Waals surface area (Å²) in [5, 5.41) is 4.33. The molecule has 15 heavy (non-hydrogen) atoms. The van der Waals surface area contributed by atoms with Crippen molar-refractivity contribution >= 4 is 0 Å². The van der Waals surface area contributed by atoms with E-state index in [1.807, 2.05) is 18.7 Å². The molecule has 1 rings (SSSR count). The molecule has 0 aliphatic heterocycles. The second-order valence-electron chi connectivity index (χ2n) is 4.87. The van der Waals surface area contributed by atoms with Crippen LogP contribution in [-0.2, 0) is 13.5 Å². The van der Waals surface area contributed by atoms with E-state index in [0.717, 1.165) is 12.1 Å². The summed E-state index contributed by atoms with van der Waals surface area (Å²) in [6, 6.07) is 2.34. The normalized spacial score (nSPS) is 15.7. The van der Waals surface area contributed by atoms with Crippen molar-refractivity contribution in [3.05, 3.63) is 17.5 Å². The van der Waals surface area contributed by atoms with E-state index in [1.165, 1.54) is 5.69 Å². The summed E-state index contributed by atoms with van der Waals surface area (Å²) < 4.78 is 1.93. The van der Waals surface area contributed by atoms with Gasteiger partial charge in [-0.3, -0.25) is 4.68 Å². The minimum atomic E-state index is 0.222. The van der Waals surface area contributed by atoms with Crippen LogP contribution in [0.4, 0.5) is 0 Å². The van der Waals surface area contributed by atoms with Gasteiger partial charge in [0.25, 0.3) is 0 Å². The Hall–Kier alpha value is -0.830. The van der Waals surface area contributed by atoms with Gasteiger partial charge in [-0.25, -0.2) is 0 Å². The van der Waals surface area contributed by atoms with Crippen LogP contribution in [0.25, 0.3) is 0 Å². The van der Waals surface area contributed by atoms with Gasteiger partial charge in [-0.15, -0.1) is 0 Å². The monoisotopic (exact) mass is 209 g/mol. The molecule has 0 amide bonds. The molecule has 0 spiro atoms. The first-order valence-corrected chi connectivity index (χ1v) is 5.67. The first-order valence-electron chi connectivity index (χ1n) is 5.67. The highest BCUT2D eigenvalue weighted by atomic mass is 15.3. The average molecular weight is 209 g/mol. The Bertz CT molecular complexity index is 315. The maximum atomic E-state index is 6.19. The molecule has 0 fully saturated rings. The van der Waals surface area contributed by atoms with Crippen LogP contribution in [0.15, 0.2) is 6.07 Å². The molecule has 86 valence electrons. The van der Waals surface area contributed by atoms with Gasteiger partial charge in [0.05, 0.1) is 5.69 Å². The molecule has 2 atom stereocenters. The van der Waals surface area contributed by atoms with Gasteiger partial charge < -0.3 is 5.73 Å². The summed E-state index contributed by atoms with van der Waals surface area (Å²) in [7, 11) is 1.98. The maximum absolute atomic E-state index is 6.19. The third-order valence-corrected chi connectivity index (χ3v) is 3.27. The van der Waals surface area contributed by atoms with E-state index in [2.05, 4.69) is 31.9 Å². The van der Waals surface area contributed by atoms with Crippen molar-refractivity contribution < 1.29 is 0 Å². The van der Waals surface area contributed by atoms with Gasteiger partial charge in [0, 0.05) is 25.2 Å². The lowest BCUT2D eigenvalue weighted by Gasteiger charge is -2.23. The highest BCUT2D eigenvalue weighted by molar-refractivity contribution is 5.10. The fourth-order valence-electron chi connectivity index (χ4n) is 1.78. The Balaban J connectivity index is 2.65. The minimum absolute atomic E-state index is 0.222. The molecule has 1 aromatic rings. The SMILES string of the molecule is Cc1cc(CC(N)C(C)C(C)C)n(C)n1. The summed E-state index contributed by atoms with van der Waals surface area (Å²) in [6.07, 6.45) is 0.913. The van der Waals surface area contributed by atoms with E-state index in [4.69, 9.17) is 5.73 Å². The Morgan fingerprint density at radius 3 is 2.40 bits per heavy atom. The highest BCUT2D eigenvalue weighted by Crippen LogP contribution is 2.16. The topological polar surface area (TPSA) is 43.8 Å². The standard InChI is InChI=1S/C12H23N3/c1-8(2)10(4)12(13)7-11-6-9(3)14-15(11)5/h6,8,10,12H,7,13H2,1-5H3. The largest absolute Gasteiger partial charge is 0.327 e. The molecule has 0 saturated carbocycles. The van der Waals surface area contributed by atoms with Crippen molar-refractivity contribution in [1.82, 2.24) is 9.78 Å². The zero-order chi connectivity index (χ0) is 11.6. The fraction of sp³-hybridized carbons (Fsp3) is 0.750. The van der Waals surface area contributed by atoms with E-state index >= 15 is 0 Å². The van der Waals surface area contributed by atoms with Crippen molar-refractivity contribution in [3.8, 4) is 0 Å². The lowest BCUT2D eigenvalue weighted by atomic mass is 9.88. The second-order valence-corrected chi connectivity index (χ2v) is 4.87. The highest BCUT2D eigenvalue weighted by Gasteiger charge is 2.18. The summed E-state index contributed by atoms with van der Waals surface area (Å²) in [6.45, 7) is 8.68. The first kappa shape index (κ1) is 12.2. The van der Waals surface area contributed by atoms with E-state index in [0.29, 0.717) is 11.8 Å². The Morgan fingerprint density at radius 2 is 2.00 bits per heavy atom. The molecule has 0 aliphatic carbocycles. The van der Waals surface area contributed by atoms with Crippen LogP contribution in [0, 0.1) is 18.8 Å². The van der Waals surface area contributed by atoms with Crippen LogP contribution in [-0.4, -0.2) is 15.8 Å². The molecular weight excluding hydrogens is 186 g/mol. The van der Waals surface area contributed by atoms with Crippen molar-refractivity contribution in [1.29, 1.82) is 0 Å². The van der Waals surface area contributed by atoms with Crippen LogP contribution in [0.3, 0.4) is 0 Å². The molecule has 0 aliphatic rings. The Labute approximate surface area is 92.7 Å². The third-order valence-electron chi connectivity index (χ3n) is 3.27. The predicted octanol–water partition coefficient (Wildman–Crippen LogP) is 1.89. The molecular formula is C12H23N3.